The van der Waals surface area contributed by atoms with E-state index in [1.54, 1.807) is 12.1 Å². The Labute approximate surface area is 111 Å². The van der Waals surface area contributed by atoms with E-state index >= 15 is 0 Å². The Bertz CT molecular complexity index is 509. The lowest BCUT2D eigenvalue weighted by Crippen LogP contribution is -2.55. The van der Waals surface area contributed by atoms with Gasteiger partial charge >= 0.3 is 0 Å². The number of halogens is 1. The van der Waals surface area contributed by atoms with Crippen LogP contribution in [0.4, 0.5) is 5.69 Å². The molecule has 18 heavy (non-hydrogen) atoms. The molecule has 1 aromatic rings. The Kier molecular flexibility index (Phi) is 3.73. The summed E-state index contributed by atoms with van der Waals surface area (Å²) in [5.74, 6) is 0.0316. The molecule has 1 amide bonds. The van der Waals surface area contributed by atoms with Crippen LogP contribution >= 0.6 is 11.6 Å². The minimum atomic E-state index is -0.191. The van der Waals surface area contributed by atoms with Crippen molar-refractivity contribution in [2.75, 3.05) is 18.0 Å². The van der Waals surface area contributed by atoms with Crippen LogP contribution in [0.3, 0.4) is 0 Å². The number of hydrogen-bond donors (Lipinski definition) is 1. The van der Waals surface area contributed by atoms with Gasteiger partial charge in [-0.3, -0.25) is 4.79 Å². The van der Waals surface area contributed by atoms with Crippen molar-refractivity contribution in [2.45, 2.75) is 19.4 Å². The normalized spacial score (nSPS) is 19.3. The average Bonchev–Trinajstić information content (AvgIpc) is 2.38. The molecular weight excluding hydrogens is 250 g/mol. The predicted octanol–water partition coefficient (Wildman–Crippen LogP) is 1.93. The predicted molar refractivity (Wildman–Crippen MR) is 70.6 cm³/mol. The average molecular weight is 264 g/mol. The van der Waals surface area contributed by atoms with Crippen molar-refractivity contribution in [3.05, 3.63) is 28.8 Å². The molecule has 1 N–H and O–H groups in total. The van der Waals surface area contributed by atoms with Gasteiger partial charge in [0.1, 0.15) is 6.04 Å². The van der Waals surface area contributed by atoms with Gasteiger partial charge in [-0.1, -0.05) is 18.5 Å². The van der Waals surface area contributed by atoms with Crippen LogP contribution in [0.5, 0.6) is 0 Å². The van der Waals surface area contributed by atoms with Crippen molar-refractivity contribution in [1.82, 2.24) is 5.32 Å². The summed E-state index contributed by atoms with van der Waals surface area (Å²) in [5, 5.41) is 12.2. The minimum Gasteiger partial charge on any atom is -0.357 e. The van der Waals surface area contributed by atoms with Gasteiger partial charge in [0.05, 0.1) is 22.3 Å². The van der Waals surface area contributed by atoms with Crippen LogP contribution in [0.2, 0.25) is 5.02 Å². The first-order chi connectivity index (χ1) is 8.67. The molecule has 94 valence electrons. The minimum absolute atomic E-state index is 0.0316. The third-order valence-electron chi connectivity index (χ3n) is 3.10. The lowest BCUT2D eigenvalue weighted by atomic mass is 10.1. The van der Waals surface area contributed by atoms with Crippen LogP contribution in [-0.2, 0) is 4.79 Å². The van der Waals surface area contributed by atoms with E-state index in [1.807, 2.05) is 24.0 Å². The summed E-state index contributed by atoms with van der Waals surface area (Å²) < 4.78 is 0. The number of carbonyl (C=O) groups excluding carboxylic acids is 1. The lowest BCUT2D eigenvalue weighted by molar-refractivity contribution is -0.123. The van der Waals surface area contributed by atoms with Crippen molar-refractivity contribution >= 4 is 23.2 Å². The molecule has 1 aliphatic heterocycles. The Morgan fingerprint density at radius 2 is 2.39 bits per heavy atom. The van der Waals surface area contributed by atoms with E-state index in [0.717, 1.165) is 18.7 Å². The molecule has 2 rings (SSSR count). The first-order valence-corrected chi connectivity index (χ1v) is 6.29. The maximum atomic E-state index is 11.8. The van der Waals surface area contributed by atoms with E-state index in [0.29, 0.717) is 17.1 Å². The Balaban J connectivity index is 2.35. The fourth-order valence-corrected chi connectivity index (χ4v) is 2.51. The van der Waals surface area contributed by atoms with Gasteiger partial charge in [-0.25, -0.2) is 0 Å². The van der Waals surface area contributed by atoms with E-state index in [2.05, 4.69) is 5.32 Å². The second-order valence-electron chi connectivity index (χ2n) is 4.19. The highest BCUT2D eigenvalue weighted by molar-refractivity contribution is 6.33. The van der Waals surface area contributed by atoms with Gasteiger partial charge in [0.15, 0.2) is 0 Å². The standard InChI is InChI=1S/C13H14ClN3O/c1-2-11-13(18)16-5-6-17(11)12-4-3-9(8-15)7-10(12)14/h3-4,7,11H,2,5-6H2,1H3,(H,16,18). The highest BCUT2D eigenvalue weighted by atomic mass is 35.5. The molecule has 4 nitrogen and oxygen atoms in total. The van der Waals surface area contributed by atoms with Crippen LogP contribution in [0.15, 0.2) is 18.2 Å². The van der Waals surface area contributed by atoms with E-state index in [9.17, 15) is 4.79 Å². The summed E-state index contributed by atoms with van der Waals surface area (Å²) in [5.41, 5.74) is 1.34. The summed E-state index contributed by atoms with van der Waals surface area (Å²) in [6, 6.07) is 7.02. The van der Waals surface area contributed by atoms with Gasteiger partial charge < -0.3 is 10.2 Å². The van der Waals surface area contributed by atoms with Crippen LogP contribution < -0.4 is 10.2 Å². The second-order valence-corrected chi connectivity index (χ2v) is 4.59. The van der Waals surface area contributed by atoms with Gasteiger partial charge in [0.25, 0.3) is 0 Å². The van der Waals surface area contributed by atoms with Crippen molar-refractivity contribution < 1.29 is 4.79 Å². The summed E-state index contributed by atoms with van der Waals surface area (Å²) >= 11 is 6.19. The number of hydrogen-bond acceptors (Lipinski definition) is 3. The molecule has 0 saturated carbocycles. The van der Waals surface area contributed by atoms with Gasteiger partial charge in [0, 0.05) is 13.1 Å². The third-order valence-corrected chi connectivity index (χ3v) is 3.41. The smallest absolute Gasteiger partial charge is 0.242 e. The number of nitrogens with zero attached hydrogens (tertiary/aromatic N) is 2. The summed E-state index contributed by atoms with van der Waals surface area (Å²) in [7, 11) is 0. The van der Waals surface area contributed by atoms with Crippen LogP contribution in [-0.4, -0.2) is 25.0 Å². The molecule has 1 aliphatic rings. The molecule has 1 heterocycles. The van der Waals surface area contributed by atoms with Crippen molar-refractivity contribution in [1.29, 1.82) is 5.26 Å². The number of nitrogens with one attached hydrogen (secondary N) is 1. The number of piperazine rings is 1. The molecule has 5 heteroatoms. The van der Waals surface area contributed by atoms with Crippen molar-refractivity contribution in [2.24, 2.45) is 0 Å². The molecular formula is C13H14ClN3O. The molecule has 1 unspecified atom stereocenters. The fraction of sp³-hybridized carbons (Fsp3) is 0.385. The van der Waals surface area contributed by atoms with Crippen LogP contribution in [0.25, 0.3) is 0 Å². The van der Waals surface area contributed by atoms with E-state index in [1.165, 1.54) is 0 Å². The quantitative estimate of drug-likeness (QED) is 0.887. The second kappa shape index (κ2) is 5.28. The van der Waals surface area contributed by atoms with Crippen LogP contribution in [0, 0.1) is 11.3 Å². The van der Waals surface area contributed by atoms with Gasteiger partial charge in [0.2, 0.25) is 5.91 Å². The highest BCUT2D eigenvalue weighted by Gasteiger charge is 2.29. The molecule has 0 radical (unpaired) electrons. The monoisotopic (exact) mass is 263 g/mol. The van der Waals surface area contributed by atoms with E-state index < -0.39 is 0 Å². The maximum Gasteiger partial charge on any atom is 0.242 e. The Morgan fingerprint density at radius 3 is 3.00 bits per heavy atom. The lowest BCUT2D eigenvalue weighted by Gasteiger charge is -2.36. The zero-order valence-corrected chi connectivity index (χ0v) is 10.9. The molecule has 0 spiro atoms. The summed E-state index contributed by atoms with van der Waals surface area (Å²) in [4.78, 5) is 13.8. The molecule has 1 fully saturated rings. The first-order valence-electron chi connectivity index (χ1n) is 5.91. The number of anilines is 1. The highest BCUT2D eigenvalue weighted by Crippen LogP contribution is 2.29. The molecule has 0 aliphatic carbocycles. The van der Waals surface area contributed by atoms with Gasteiger partial charge in [-0.2, -0.15) is 5.26 Å². The number of benzene rings is 1. The largest absolute Gasteiger partial charge is 0.357 e. The Morgan fingerprint density at radius 1 is 1.61 bits per heavy atom. The number of carbonyl (C=O) groups is 1. The fourth-order valence-electron chi connectivity index (χ4n) is 2.22. The van der Waals surface area contributed by atoms with Crippen molar-refractivity contribution in [3.8, 4) is 6.07 Å². The third kappa shape index (κ3) is 2.27. The number of nitriles is 1. The molecule has 0 bridgehead atoms. The van der Waals surface area contributed by atoms with Crippen LogP contribution in [0.1, 0.15) is 18.9 Å². The molecule has 1 aromatic carbocycles. The topological polar surface area (TPSA) is 56.1 Å². The molecule has 1 atom stereocenters. The van der Waals surface area contributed by atoms with Gasteiger partial charge in [-0.15, -0.1) is 0 Å². The SMILES string of the molecule is CCC1C(=O)NCCN1c1ccc(C#N)cc1Cl. The summed E-state index contributed by atoms with van der Waals surface area (Å²) in [6.07, 6.45) is 0.724. The van der Waals surface area contributed by atoms with E-state index in [4.69, 9.17) is 16.9 Å². The maximum absolute atomic E-state index is 11.8. The number of rotatable bonds is 2. The zero-order valence-electron chi connectivity index (χ0n) is 10.1. The van der Waals surface area contributed by atoms with E-state index in [-0.39, 0.29) is 11.9 Å². The first kappa shape index (κ1) is 12.7. The number of amides is 1. The molecule has 0 aromatic heterocycles. The van der Waals surface area contributed by atoms with Gasteiger partial charge in [-0.05, 0) is 24.6 Å². The van der Waals surface area contributed by atoms with Crippen molar-refractivity contribution in [3.63, 3.8) is 0 Å². The summed E-state index contributed by atoms with van der Waals surface area (Å²) in [6.45, 7) is 3.32. The Hall–Kier alpha value is -1.73. The molecule has 1 saturated heterocycles. The zero-order chi connectivity index (χ0) is 13.1.